The predicted octanol–water partition coefficient (Wildman–Crippen LogP) is 3.05. The van der Waals surface area contributed by atoms with E-state index in [0.717, 1.165) is 11.3 Å². The number of nitrogens with two attached hydrogens (primary N) is 1. The van der Waals surface area contributed by atoms with E-state index in [1.165, 1.54) is 11.8 Å². The summed E-state index contributed by atoms with van der Waals surface area (Å²) >= 11 is 7.62. The van der Waals surface area contributed by atoms with E-state index in [4.69, 9.17) is 22.1 Å². The molecule has 7 heteroatoms. The summed E-state index contributed by atoms with van der Waals surface area (Å²) in [7, 11) is 1.61. The molecule has 0 saturated heterocycles. The van der Waals surface area contributed by atoms with Gasteiger partial charge in [-0.25, -0.2) is 9.97 Å². The van der Waals surface area contributed by atoms with Crippen molar-refractivity contribution in [3.8, 4) is 5.75 Å². The molecular formula is C13H15ClN4OS. The Hall–Kier alpha value is -1.66. The molecule has 0 amide bonds. The Balaban J connectivity index is 2.19. The number of halogens is 1. The number of rotatable bonds is 5. The smallest absolute Gasteiger partial charge is 0.191 e. The third kappa shape index (κ3) is 3.46. The Kier molecular flexibility index (Phi) is 4.92. The van der Waals surface area contributed by atoms with Crippen molar-refractivity contribution in [2.24, 2.45) is 0 Å². The van der Waals surface area contributed by atoms with Gasteiger partial charge in [-0.15, -0.1) is 0 Å². The number of benzene rings is 1. The van der Waals surface area contributed by atoms with Crippen LogP contribution >= 0.6 is 23.4 Å². The normalized spacial score (nSPS) is 10.3. The van der Waals surface area contributed by atoms with Gasteiger partial charge in [0.2, 0.25) is 0 Å². The highest BCUT2D eigenvalue weighted by Gasteiger charge is 2.08. The molecule has 0 fully saturated rings. The summed E-state index contributed by atoms with van der Waals surface area (Å²) in [4.78, 5) is 8.43. The molecule has 0 saturated carbocycles. The largest absolute Gasteiger partial charge is 0.496 e. The second-order valence-corrected chi connectivity index (χ2v) is 5.12. The Morgan fingerprint density at radius 2 is 2.20 bits per heavy atom. The summed E-state index contributed by atoms with van der Waals surface area (Å²) in [5.41, 5.74) is 6.61. The minimum absolute atomic E-state index is 0.429. The van der Waals surface area contributed by atoms with Gasteiger partial charge < -0.3 is 15.8 Å². The topological polar surface area (TPSA) is 73.1 Å². The Bertz CT molecular complexity index is 609. The number of methoxy groups -OCH3 is 1. The van der Waals surface area contributed by atoms with Gasteiger partial charge in [-0.1, -0.05) is 29.4 Å². The van der Waals surface area contributed by atoms with Crippen LogP contribution in [0.1, 0.15) is 5.56 Å². The molecular weight excluding hydrogens is 296 g/mol. The molecule has 106 valence electrons. The van der Waals surface area contributed by atoms with Gasteiger partial charge in [0.05, 0.1) is 7.11 Å². The van der Waals surface area contributed by atoms with Crippen LogP contribution in [-0.4, -0.2) is 23.3 Å². The third-order valence-electron chi connectivity index (χ3n) is 2.65. The fourth-order valence-corrected chi connectivity index (χ4v) is 2.32. The zero-order valence-corrected chi connectivity index (χ0v) is 12.8. The van der Waals surface area contributed by atoms with Gasteiger partial charge in [0, 0.05) is 23.2 Å². The first-order valence-electron chi connectivity index (χ1n) is 5.88. The number of anilines is 2. The highest BCUT2D eigenvalue weighted by molar-refractivity contribution is 7.98. The first-order valence-corrected chi connectivity index (χ1v) is 7.48. The van der Waals surface area contributed by atoms with Crippen molar-refractivity contribution in [1.82, 2.24) is 9.97 Å². The van der Waals surface area contributed by atoms with E-state index in [1.54, 1.807) is 13.2 Å². The molecule has 0 bridgehead atoms. The molecule has 5 nitrogen and oxygen atoms in total. The van der Waals surface area contributed by atoms with Crippen LogP contribution in [-0.2, 0) is 6.54 Å². The number of nitrogen functional groups attached to an aromatic ring is 1. The molecule has 0 aliphatic carbocycles. The molecule has 0 aliphatic heterocycles. The van der Waals surface area contributed by atoms with Crippen LogP contribution in [0.25, 0.3) is 0 Å². The van der Waals surface area contributed by atoms with E-state index in [0.29, 0.717) is 28.4 Å². The fraction of sp³-hybridized carbons (Fsp3) is 0.231. The van der Waals surface area contributed by atoms with Crippen LogP contribution < -0.4 is 15.8 Å². The van der Waals surface area contributed by atoms with Crippen molar-refractivity contribution in [2.75, 3.05) is 24.4 Å². The lowest BCUT2D eigenvalue weighted by Crippen LogP contribution is -2.06. The lowest BCUT2D eigenvalue weighted by molar-refractivity contribution is 0.410. The number of nitrogens with one attached hydrogen (secondary N) is 1. The molecule has 2 aromatic rings. The zero-order chi connectivity index (χ0) is 14.5. The summed E-state index contributed by atoms with van der Waals surface area (Å²) in [6.07, 6.45) is 1.90. The van der Waals surface area contributed by atoms with Gasteiger partial charge >= 0.3 is 0 Å². The minimum atomic E-state index is 0.429. The van der Waals surface area contributed by atoms with E-state index in [1.807, 2.05) is 24.5 Å². The maximum atomic E-state index is 6.18. The molecule has 2 rings (SSSR count). The number of nitrogens with zero attached hydrogens (tertiary/aromatic N) is 2. The number of aromatic nitrogens is 2. The SMILES string of the molecule is COc1cccc(Cl)c1CNc1cc(N)nc(SC)n1. The number of hydrogen-bond acceptors (Lipinski definition) is 6. The zero-order valence-electron chi connectivity index (χ0n) is 11.2. The van der Waals surface area contributed by atoms with Gasteiger partial charge in [0.15, 0.2) is 5.16 Å². The van der Waals surface area contributed by atoms with Crippen molar-refractivity contribution in [3.05, 3.63) is 34.9 Å². The van der Waals surface area contributed by atoms with E-state index in [2.05, 4.69) is 15.3 Å². The van der Waals surface area contributed by atoms with Crippen LogP contribution in [0.2, 0.25) is 5.02 Å². The summed E-state index contributed by atoms with van der Waals surface area (Å²) in [6.45, 7) is 0.493. The van der Waals surface area contributed by atoms with Crippen molar-refractivity contribution in [2.45, 2.75) is 11.7 Å². The number of ether oxygens (including phenoxy) is 1. The Morgan fingerprint density at radius 3 is 2.90 bits per heavy atom. The molecule has 0 aliphatic rings. The Labute approximate surface area is 126 Å². The highest BCUT2D eigenvalue weighted by Crippen LogP contribution is 2.27. The summed E-state index contributed by atoms with van der Waals surface area (Å²) in [5.74, 6) is 1.82. The molecule has 1 aromatic carbocycles. The molecule has 3 N–H and O–H groups in total. The Morgan fingerprint density at radius 1 is 1.40 bits per heavy atom. The van der Waals surface area contributed by atoms with E-state index < -0.39 is 0 Å². The molecule has 1 heterocycles. The van der Waals surface area contributed by atoms with Crippen molar-refractivity contribution in [1.29, 1.82) is 0 Å². The van der Waals surface area contributed by atoms with Gasteiger partial charge in [-0.05, 0) is 18.4 Å². The average Bonchev–Trinajstić information content (AvgIpc) is 2.45. The van der Waals surface area contributed by atoms with Crippen LogP contribution in [0, 0.1) is 0 Å². The highest BCUT2D eigenvalue weighted by atomic mass is 35.5. The minimum Gasteiger partial charge on any atom is -0.496 e. The van der Waals surface area contributed by atoms with Crippen molar-refractivity contribution < 1.29 is 4.74 Å². The van der Waals surface area contributed by atoms with Gasteiger partial charge in [0.1, 0.15) is 17.4 Å². The molecule has 20 heavy (non-hydrogen) atoms. The lowest BCUT2D eigenvalue weighted by atomic mass is 10.2. The quantitative estimate of drug-likeness (QED) is 0.653. The van der Waals surface area contributed by atoms with E-state index in [9.17, 15) is 0 Å². The van der Waals surface area contributed by atoms with Gasteiger partial charge in [-0.2, -0.15) is 0 Å². The summed E-state index contributed by atoms with van der Waals surface area (Å²) < 4.78 is 5.30. The van der Waals surface area contributed by atoms with Crippen molar-refractivity contribution in [3.63, 3.8) is 0 Å². The number of hydrogen-bond donors (Lipinski definition) is 2. The van der Waals surface area contributed by atoms with Crippen LogP contribution in [0.5, 0.6) is 5.75 Å². The molecule has 0 atom stereocenters. The van der Waals surface area contributed by atoms with Crippen LogP contribution in [0.15, 0.2) is 29.4 Å². The first kappa shape index (κ1) is 14.7. The maximum Gasteiger partial charge on any atom is 0.191 e. The molecule has 0 unspecified atom stereocenters. The lowest BCUT2D eigenvalue weighted by Gasteiger charge is -2.12. The monoisotopic (exact) mass is 310 g/mol. The number of thioether (sulfide) groups is 1. The second kappa shape index (κ2) is 6.67. The summed E-state index contributed by atoms with van der Waals surface area (Å²) in [6, 6.07) is 7.22. The predicted molar refractivity (Wildman–Crippen MR) is 83.6 cm³/mol. The summed E-state index contributed by atoms with van der Waals surface area (Å²) in [5, 5.41) is 4.45. The van der Waals surface area contributed by atoms with Crippen molar-refractivity contribution >= 4 is 35.0 Å². The first-order chi connectivity index (χ1) is 9.63. The van der Waals surface area contributed by atoms with Crippen LogP contribution in [0.3, 0.4) is 0 Å². The standard InChI is InChI=1S/C13H15ClN4OS/c1-19-10-5-3-4-9(14)8(10)7-16-12-6-11(15)17-13(18-12)20-2/h3-6H,7H2,1-2H3,(H3,15,16,17,18). The van der Waals surface area contributed by atoms with Crippen LogP contribution in [0.4, 0.5) is 11.6 Å². The van der Waals surface area contributed by atoms with E-state index >= 15 is 0 Å². The average molecular weight is 311 g/mol. The molecule has 0 spiro atoms. The second-order valence-electron chi connectivity index (χ2n) is 3.94. The van der Waals surface area contributed by atoms with Gasteiger partial charge in [0.25, 0.3) is 0 Å². The van der Waals surface area contributed by atoms with Gasteiger partial charge in [-0.3, -0.25) is 0 Å². The molecule has 1 aromatic heterocycles. The molecule has 0 radical (unpaired) electrons. The third-order valence-corrected chi connectivity index (χ3v) is 3.55. The van der Waals surface area contributed by atoms with E-state index in [-0.39, 0.29) is 0 Å². The maximum absolute atomic E-state index is 6.18. The fourth-order valence-electron chi connectivity index (χ4n) is 1.71.